The largest absolute Gasteiger partial charge is 0.497 e. The normalized spacial score (nSPS) is 13.8. The molecule has 108 valence electrons. The van der Waals surface area contributed by atoms with Gasteiger partial charge in [-0.25, -0.2) is 0 Å². The summed E-state index contributed by atoms with van der Waals surface area (Å²) in [6, 6.07) is 8.09. The Morgan fingerprint density at radius 3 is 2.40 bits per heavy atom. The van der Waals surface area contributed by atoms with Crippen LogP contribution < -0.4 is 4.74 Å². The minimum absolute atomic E-state index is 0.0336. The molecule has 1 atom stereocenters. The molecule has 0 aliphatic carbocycles. The first-order valence-electron chi connectivity index (χ1n) is 7.09. The molecule has 1 rings (SSSR count). The van der Waals surface area contributed by atoms with Crippen molar-refractivity contribution in [1.29, 1.82) is 0 Å². The van der Waals surface area contributed by atoms with Gasteiger partial charge in [0.15, 0.2) is 0 Å². The monoisotopic (exact) mass is 270 g/mol. The minimum atomic E-state index is 0.0336. The van der Waals surface area contributed by atoms with Gasteiger partial charge in [0.25, 0.3) is 0 Å². The molecule has 0 N–H and O–H groups in total. The molecule has 0 aromatic heterocycles. The van der Waals surface area contributed by atoms with E-state index in [2.05, 4.69) is 57.7 Å². The standard InChI is InChI=1S/C19H26O/c1-6-19(4,14-7-8-16(2)3)15-13-17-9-11-18(20-5)12-10-17/h6,8-13,15H,1,7,14H2,2-5H3/b15-13+/t19-/m0/s1. The van der Waals surface area contributed by atoms with Crippen LogP contribution in [0.5, 0.6) is 5.75 Å². The molecule has 0 saturated heterocycles. The molecule has 0 spiro atoms. The summed E-state index contributed by atoms with van der Waals surface area (Å²) < 4.78 is 5.16. The Bertz CT molecular complexity index is 475. The van der Waals surface area contributed by atoms with Crippen LogP contribution >= 0.6 is 0 Å². The van der Waals surface area contributed by atoms with Crippen LogP contribution in [-0.2, 0) is 0 Å². The first-order chi connectivity index (χ1) is 9.49. The Balaban J connectivity index is 2.72. The van der Waals surface area contributed by atoms with Crippen LogP contribution in [0.3, 0.4) is 0 Å². The molecule has 1 heteroatoms. The number of allylic oxidation sites excluding steroid dienone is 4. The van der Waals surface area contributed by atoms with Gasteiger partial charge in [-0.2, -0.15) is 0 Å². The highest BCUT2D eigenvalue weighted by molar-refractivity contribution is 5.51. The van der Waals surface area contributed by atoms with E-state index in [1.54, 1.807) is 7.11 Å². The van der Waals surface area contributed by atoms with Crippen molar-refractivity contribution in [1.82, 2.24) is 0 Å². The minimum Gasteiger partial charge on any atom is -0.497 e. The zero-order valence-corrected chi connectivity index (χ0v) is 13.1. The van der Waals surface area contributed by atoms with Gasteiger partial charge in [-0.05, 0) is 44.4 Å². The summed E-state index contributed by atoms with van der Waals surface area (Å²) in [7, 11) is 1.68. The summed E-state index contributed by atoms with van der Waals surface area (Å²) in [6.45, 7) is 10.5. The molecular formula is C19H26O. The number of hydrogen-bond donors (Lipinski definition) is 0. The van der Waals surface area contributed by atoms with Crippen molar-refractivity contribution >= 4 is 6.08 Å². The third kappa shape index (κ3) is 5.48. The van der Waals surface area contributed by atoms with E-state index < -0.39 is 0 Å². The molecular weight excluding hydrogens is 244 g/mol. The summed E-state index contributed by atoms with van der Waals surface area (Å²) in [5.74, 6) is 0.886. The lowest BCUT2D eigenvalue weighted by Gasteiger charge is -2.20. The van der Waals surface area contributed by atoms with Gasteiger partial charge in [-0.3, -0.25) is 0 Å². The Hall–Kier alpha value is -1.76. The SMILES string of the molecule is C=C[C@](C)(/C=C/c1ccc(OC)cc1)CCC=C(C)C. The maximum atomic E-state index is 5.16. The van der Waals surface area contributed by atoms with Crippen LogP contribution in [0.1, 0.15) is 39.2 Å². The summed E-state index contributed by atoms with van der Waals surface area (Å²) >= 11 is 0. The highest BCUT2D eigenvalue weighted by Gasteiger charge is 2.14. The lowest BCUT2D eigenvalue weighted by atomic mass is 9.84. The van der Waals surface area contributed by atoms with Gasteiger partial charge in [0.2, 0.25) is 0 Å². The van der Waals surface area contributed by atoms with Crippen LogP contribution in [0.4, 0.5) is 0 Å². The number of methoxy groups -OCH3 is 1. The Morgan fingerprint density at radius 2 is 1.90 bits per heavy atom. The molecule has 0 bridgehead atoms. The second-order valence-corrected chi connectivity index (χ2v) is 5.64. The number of hydrogen-bond acceptors (Lipinski definition) is 1. The lowest BCUT2D eigenvalue weighted by Crippen LogP contribution is -2.08. The fraction of sp³-hybridized carbons (Fsp3) is 0.368. The van der Waals surface area contributed by atoms with Crippen LogP contribution in [0.15, 0.2) is 54.6 Å². The van der Waals surface area contributed by atoms with E-state index in [-0.39, 0.29) is 5.41 Å². The highest BCUT2D eigenvalue weighted by atomic mass is 16.5. The van der Waals surface area contributed by atoms with E-state index >= 15 is 0 Å². The molecule has 0 aliphatic rings. The highest BCUT2D eigenvalue weighted by Crippen LogP contribution is 2.28. The third-order valence-corrected chi connectivity index (χ3v) is 3.47. The van der Waals surface area contributed by atoms with E-state index in [4.69, 9.17) is 4.74 Å². The maximum absolute atomic E-state index is 5.16. The quantitative estimate of drug-likeness (QED) is 0.582. The van der Waals surface area contributed by atoms with Crippen LogP contribution in [-0.4, -0.2) is 7.11 Å². The van der Waals surface area contributed by atoms with Gasteiger partial charge >= 0.3 is 0 Å². The smallest absolute Gasteiger partial charge is 0.118 e. The number of benzene rings is 1. The Morgan fingerprint density at radius 1 is 1.25 bits per heavy atom. The number of ether oxygens (including phenoxy) is 1. The summed E-state index contributed by atoms with van der Waals surface area (Å²) in [6.07, 6.45) is 10.9. The van der Waals surface area contributed by atoms with Crippen molar-refractivity contribution < 1.29 is 4.74 Å². The van der Waals surface area contributed by atoms with E-state index in [0.717, 1.165) is 18.6 Å². The second-order valence-electron chi connectivity index (χ2n) is 5.64. The fourth-order valence-corrected chi connectivity index (χ4v) is 1.93. The average Bonchev–Trinajstić information content (AvgIpc) is 2.45. The third-order valence-electron chi connectivity index (χ3n) is 3.47. The average molecular weight is 270 g/mol. The summed E-state index contributed by atoms with van der Waals surface area (Å²) in [4.78, 5) is 0. The van der Waals surface area contributed by atoms with Crippen LogP contribution in [0.25, 0.3) is 6.08 Å². The molecule has 0 heterocycles. The van der Waals surface area contributed by atoms with E-state index in [9.17, 15) is 0 Å². The van der Waals surface area contributed by atoms with Crippen LogP contribution in [0, 0.1) is 5.41 Å². The van der Waals surface area contributed by atoms with Crippen molar-refractivity contribution in [2.75, 3.05) is 7.11 Å². The molecule has 0 fully saturated rings. The van der Waals surface area contributed by atoms with E-state index in [1.807, 2.05) is 18.2 Å². The van der Waals surface area contributed by atoms with Gasteiger partial charge in [0.05, 0.1) is 7.11 Å². The van der Waals surface area contributed by atoms with Crippen molar-refractivity contribution in [3.05, 3.63) is 60.2 Å². The van der Waals surface area contributed by atoms with Gasteiger partial charge in [-0.1, -0.05) is 48.9 Å². The second kappa shape index (κ2) is 7.74. The molecule has 20 heavy (non-hydrogen) atoms. The summed E-state index contributed by atoms with van der Waals surface area (Å²) in [5, 5.41) is 0. The fourth-order valence-electron chi connectivity index (χ4n) is 1.93. The first-order valence-corrected chi connectivity index (χ1v) is 7.09. The van der Waals surface area contributed by atoms with Gasteiger partial charge < -0.3 is 4.74 Å². The molecule has 0 unspecified atom stereocenters. The van der Waals surface area contributed by atoms with E-state index in [0.29, 0.717) is 0 Å². The predicted octanol–water partition coefficient (Wildman–Crippen LogP) is 5.65. The summed E-state index contributed by atoms with van der Waals surface area (Å²) in [5.41, 5.74) is 2.59. The van der Waals surface area contributed by atoms with Crippen molar-refractivity contribution in [3.8, 4) is 5.75 Å². The van der Waals surface area contributed by atoms with Gasteiger partial charge in [-0.15, -0.1) is 6.58 Å². The number of rotatable bonds is 7. The van der Waals surface area contributed by atoms with E-state index in [1.165, 1.54) is 11.1 Å². The molecule has 0 aliphatic heterocycles. The lowest BCUT2D eigenvalue weighted by molar-refractivity contribution is 0.415. The molecule has 0 saturated carbocycles. The van der Waals surface area contributed by atoms with Crippen molar-refractivity contribution in [2.24, 2.45) is 5.41 Å². The van der Waals surface area contributed by atoms with Crippen molar-refractivity contribution in [3.63, 3.8) is 0 Å². The maximum Gasteiger partial charge on any atom is 0.118 e. The zero-order chi connectivity index (χ0) is 15.0. The van der Waals surface area contributed by atoms with Gasteiger partial charge in [0, 0.05) is 5.41 Å². The Labute approximate surface area is 123 Å². The van der Waals surface area contributed by atoms with Crippen molar-refractivity contribution in [2.45, 2.75) is 33.6 Å². The van der Waals surface area contributed by atoms with Gasteiger partial charge in [0.1, 0.15) is 5.75 Å². The molecule has 1 nitrogen and oxygen atoms in total. The molecule has 0 radical (unpaired) electrons. The first kappa shape index (κ1) is 16.3. The zero-order valence-electron chi connectivity index (χ0n) is 13.1. The molecule has 0 amide bonds. The Kier molecular flexibility index (Phi) is 6.30. The van der Waals surface area contributed by atoms with Crippen LogP contribution in [0.2, 0.25) is 0 Å². The predicted molar refractivity (Wildman–Crippen MR) is 89.0 cm³/mol. The molecule has 1 aromatic carbocycles. The molecule has 1 aromatic rings. The topological polar surface area (TPSA) is 9.23 Å².